The van der Waals surface area contributed by atoms with Crippen LogP contribution in [0.2, 0.25) is 0 Å². The van der Waals surface area contributed by atoms with Gasteiger partial charge in [-0.15, -0.1) is 0 Å². The molecule has 2 rings (SSSR count). The van der Waals surface area contributed by atoms with Gasteiger partial charge in [0.2, 0.25) is 0 Å². The Morgan fingerprint density at radius 1 is 0.682 bits per heavy atom. The molecule has 0 radical (unpaired) electrons. The van der Waals surface area contributed by atoms with Gasteiger partial charge in [-0.2, -0.15) is 0 Å². The Labute approximate surface area is 177 Å². The third kappa shape index (κ3) is 7.49. The molecule has 0 bridgehead atoms. The fraction of sp³-hybridized carbons (Fsp3) is 1.00. The van der Waals surface area contributed by atoms with Crippen molar-refractivity contribution in [1.29, 1.82) is 0 Å². The molecule has 129 valence electrons. The summed E-state index contributed by atoms with van der Waals surface area (Å²) in [5.41, 5.74) is 0. The van der Waals surface area contributed by atoms with E-state index in [9.17, 15) is 0 Å². The third-order valence-corrected chi connectivity index (χ3v) is 10.6. The van der Waals surface area contributed by atoms with Crippen molar-refractivity contribution in [2.75, 3.05) is 13.1 Å². The summed E-state index contributed by atoms with van der Waals surface area (Å²) < 4.78 is 6.06. The van der Waals surface area contributed by atoms with E-state index in [0.717, 1.165) is 12.1 Å². The SMILES string of the molecule is CCC[N]([Nd+][N](CCC)C1CCCCC1)C1CCCCC1.[I-]. The molecule has 0 amide bonds. The number of hydrogen-bond donors (Lipinski definition) is 0. The molecule has 0 aromatic heterocycles. The maximum absolute atomic E-state index is 3.03. The zero-order valence-corrected chi connectivity index (χ0v) is 20.2. The van der Waals surface area contributed by atoms with Crippen LogP contribution < -0.4 is 24.0 Å². The van der Waals surface area contributed by atoms with Crippen LogP contribution in [-0.4, -0.2) is 27.1 Å². The fourth-order valence-electron chi connectivity index (χ4n) is 4.06. The van der Waals surface area contributed by atoms with E-state index >= 15 is 0 Å². The molecule has 0 spiro atoms. The van der Waals surface area contributed by atoms with Crippen molar-refractivity contribution in [2.24, 2.45) is 0 Å². The first-order chi connectivity index (χ1) is 10.3. The maximum Gasteiger partial charge on any atom is -1.00 e. The van der Waals surface area contributed by atoms with Gasteiger partial charge in [0.05, 0.1) is 0 Å². The average Bonchev–Trinajstić information content (AvgIpc) is 2.55. The van der Waals surface area contributed by atoms with Gasteiger partial charge in [-0.25, -0.2) is 0 Å². The summed E-state index contributed by atoms with van der Waals surface area (Å²) in [5, 5.41) is 0. The Morgan fingerprint density at radius 3 is 1.36 bits per heavy atom. The van der Waals surface area contributed by atoms with Crippen LogP contribution in [0, 0.1) is 37.5 Å². The van der Waals surface area contributed by atoms with Crippen LogP contribution in [0.25, 0.3) is 0 Å². The van der Waals surface area contributed by atoms with Crippen molar-refractivity contribution >= 4 is 0 Å². The predicted octanol–water partition coefficient (Wildman–Crippen LogP) is 1.99. The molecule has 0 aromatic rings. The summed E-state index contributed by atoms with van der Waals surface area (Å²) in [7, 11) is 0. The summed E-state index contributed by atoms with van der Waals surface area (Å²) in [4.78, 5) is 0. The van der Waals surface area contributed by atoms with Crippen LogP contribution in [0.4, 0.5) is 0 Å². The summed E-state index contributed by atoms with van der Waals surface area (Å²) in [6.45, 7) is 7.54. The second-order valence-electron chi connectivity index (χ2n) is 7.07. The van der Waals surface area contributed by atoms with E-state index in [0.29, 0.717) is 0 Å². The molecule has 0 aromatic carbocycles. The van der Waals surface area contributed by atoms with E-state index in [1.54, 1.807) is 0 Å². The first kappa shape index (κ1) is 22.0. The number of hydrogen-bond acceptors (Lipinski definition) is 2. The van der Waals surface area contributed by atoms with E-state index in [1.807, 2.05) is 0 Å². The smallest absolute Gasteiger partial charge is 1.00 e. The van der Waals surface area contributed by atoms with Gasteiger partial charge >= 0.3 is 156 Å². The zero-order valence-electron chi connectivity index (χ0n) is 14.8. The van der Waals surface area contributed by atoms with Crippen molar-refractivity contribution in [1.82, 2.24) is 1.97 Å². The van der Waals surface area contributed by atoms with Crippen molar-refractivity contribution in [3.8, 4) is 0 Å². The van der Waals surface area contributed by atoms with Crippen molar-refractivity contribution < 1.29 is 61.5 Å². The van der Waals surface area contributed by atoms with E-state index < -0.39 is 37.5 Å². The first-order valence-electron chi connectivity index (χ1n) is 9.64. The molecule has 0 heterocycles. The Morgan fingerprint density at radius 2 is 1.05 bits per heavy atom. The van der Waals surface area contributed by atoms with E-state index in [4.69, 9.17) is 0 Å². The molecule has 0 saturated heterocycles. The van der Waals surface area contributed by atoms with Crippen molar-refractivity contribution in [3.05, 3.63) is 0 Å². The quantitative estimate of drug-likeness (QED) is 0.426. The Bertz CT molecular complexity index is 240. The van der Waals surface area contributed by atoms with Gasteiger partial charge < -0.3 is 24.0 Å². The van der Waals surface area contributed by atoms with Crippen molar-refractivity contribution in [3.63, 3.8) is 0 Å². The summed E-state index contributed by atoms with van der Waals surface area (Å²) >= 11 is -0.787. The topological polar surface area (TPSA) is 6.48 Å². The third-order valence-electron chi connectivity index (χ3n) is 5.22. The Balaban J connectivity index is 0.00000242. The average molecular weight is 552 g/mol. The summed E-state index contributed by atoms with van der Waals surface area (Å²) in [5.74, 6) is 0. The molecule has 2 aliphatic carbocycles. The number of nitrogens with zero attached hydrogens (tertiary/aromatic N) is 2. The van der Waals surface area contributed by atoms with E-state index in [2.05, 4.69) is 15.8 Å². The Kier molecular flexibility index (Phi) is 13.3. The molecular weight excluding hydrogens is 515 g/mol. The molecule has 0 N–H and O–H groups in total. The molecule has 2 nitrogen and oxygen atoms in total. The number of rotatable bonds is 8. The van der Waals surface area contributed by atoms with Crippen LogP contribution in [0.1, 0.15) is 90.9 Å². The standard InChI is InChI=1S/2C9H18N.HI.Nd/c2*1-2-8-10-9-6-4-3-5-7-9;;/h2*9H,2-8H2,1H3;1H;/q2*-1;;+3/p-1. The van der Waals surface area contributed by atoms with Gasteiger partial charge in [-0.05, 0) is 0 Å². The molecule has 2 aliphatic rings. The van der Waals surface area contributed by atoms with Crippen LogP contribution in [0.15, 0.2) is 0 Å². The fourth-order valence-corrected chi connectivity index (χ4v) is 9.90. The molecule has 0 unspecified atom stereocenters. The van der Waals surface area contributed by atoms with Crippen LogP contribution in [0.5, 0.6) is 0 Å². The predicted molar refractivity (Wildman–Crippen MR) is 87.7 cm³/mol. The largest absolute Gasteiger partial charge is 1.00 e. The molecular formula is C18H36IN2Nd. The van der Waals surface area contributed by atoms with Crippen LogP contribution in [0.3, 0.4) is 0 Å². The molecule has 2 fully saturated rings. The van der Waals surface area contributed by atoms with Crippen LogP contribution >= 0.6 is 0 Å². The maximum atomic E-state index is 3.03. The minimum atomic E-state index is -0.787. The second-order valence-corrected chi connectivity index (χ2v) is 11.4. The molecule has 4 heteroatoms. The summed E-state index contributed by atoms with van der Waals surface area (Å²) in [6.07, 6.45) is 17.7. The molecule has 2 saturated carbocycles. The molecule has 0 atom stereocenters. The molecule has 22 heavy (non-hydrogen) atoms. The van der Waals surface area contributed by atoms with Gasteiger partial charge in [0.15, 0.2) is 0 Å². The van der Waals surface area contributed by atoms with Crippen LogP contribution in [-0.2, 0) is 0 Å². The monoisotopic (exact) mass is 549 g/mol. The van der Waals surface area contributed by atoms with Gasteiger partial charge in [0.25, 0.3) is 0 Å². The van der Waals surface area contributed by atoms with Gasteiger partial charge in [-0.3, -0.25) is 0 Å². The number of halogens is 1. The van der Waals surface area contributed by atoms with Gasteiger partial charge in [0.1, 0.15) is 0 Å². The van der Waals surface area contributed by atoms with Gasteiger partial charge in [0, 0.05) is 0 Å². The van der Waals surface area contributed by atoms with E-state index in [-0.39, 0.29) is 24.0 Å². The van der Waals surface area contributed by atoms with Gasteiger partial charge in [-0.1, -0.05) is 0 Å². The summed E-state index contributed by atoms with van der Waals surface area (Å²) in [6, 6.07) is 1.93. The zero-order chi connectivity index (χ0) is 14.9. The van der Waals surface area contributed by atoms with Crippen molar-refractivity contribution in [2.45, 2.75) is 103 Å². The normalized spacial score (nSPS) is 20.9. The van der Waals surface area contributed by atoms with E-state index in [1.165, 1.54) is 90.1 Å². The molecule has 0 aliphatic heterocycles. The first-order valence-corrected chi connectivity index (χ1v) is 12.5. The second kappa shape index (κ2) is 13.2. The minimum Gasteiger partial charge on any atom is -1.00 e. The minimum absolute atomic E-state index is 0. The Hall–Kier alpha value is 2.00.